The molecule has 0 aliphatic carbocycles. The minimum Gasteiger partial charge on any atom is -0.506 e. The summed E-state index contributed by atoms with van der Waals surface area (Å²) in [6, 6.07) is 0. The van der Waals surface area contributed by atoms with Gasteiger partial charge in [-0.05, 0) is 0 Å². The van der Waals surface area contributed by atoms with Crippen molar-refractivity contribution >= 4 is 11.6 Å². The number of aromatic nitrogens is 1. The molecule has 0 saturated carbocycles. The third-order valence-electron chi connectivity index (χ3n) is 1.44. The van der Waals surface area contributed by atoms with E-state index in [4.69, 9.17) is 16.7 Å². The van der Waals surface area contributed by atoms with Crippen molar-refractivity contribution in [2.45, 2.75) is 12.8 Å². The fourth-order valence-electron chi connectivity index (χ4n) is 0.897. The van der Waals surface area contributed by atoms with Gasteiger partial charge in [-0.3, -0.25) is 0 Å². The standard InChI is InChI=1S/C7H3ClF5NO2/c8-5-4(16-7(11,12)13)3(6(9)10)2(15)1-14-5/h1,6,15H. The lowest BCUT2D eigenvalue weighted by Crippen LogP contribution is -2.18. The van der Waals surface area contributed by atoms with Gasteiger partial charge in [-0.15, -0.1) is 13.2 Å². The molecule has 1 N–H and O–H groups in total. The first-order valence-electron chi connectivity index (χ1n) is 3.63. The van der Waals surface area contributed by atoms with Gasteiger partial charge in [0.05, 0.1) is 6.20 Å². The summed E-state index contributed by atoms with van der Waals surface area (Å²) in [5.41, 5.74) is -1.35. The van der Waals surface area contributed by atoms with Gasteiger partial charge in [0, 0.05) is 0 Å². The van der Waals surface area contributed by atoms with Crippen LogP contribution in [-0.4, -0.2) is 16.5 Å². The highest BCUT2D eigenvalue weighted by Crippen LogP contribution is 2.41. The summed E-state index contributed by atoms with van der Waals surface area (Å²) in [7, 11) is 0. The van der Waals surface area contributed by atoms with Crippen molar-refractivity contribution in [2.24, 2.45) is 0 Å². The number of halogens is 6. The van der Waals surface area contributed by atoms with Gasteiger partial charge in [0.2, 0.25) is 0 Å². The van der Waals surface area contributed by atoms with Crippen LogP contribution in [0.2, 0.25) is 5.15 Å². The number of hydrogen-bond donors (Lipinski definition) is 1. The SMILES string of the molecule is Oc1cnc(Cl)c(OC(F)(F)F)c1C(F)F. The van der Waals surface area contributed by atoms with Crippen LogP contribution in [0.25, 0.3) is 0 Å². The Labute approximate surface area is 90.4 Å². The summed E-state index contributed by atoms with van der Waals surface area (Å²) in [6.07, 6.45) is -8.08. The molecule has 1 heterocycles. The first-order valence-corrected chi connectivity index (χ1v) is 4.01. The smallest absolute Gasteiger partial charge is 0.506 e. The third kappa shape index (κ3) is 2.84. The van der Waals surface area contributed by atoms with E-state index < -0.39 is 35.0 Å². The number of alkyl halides is 5. The lowest BCUT2D eigenvalue weighted by Gasteiger charge is -2.14. The summed E-state index contributed by atoms with van der Waals surface area (Å²) in [6.45, 7) is 0. The molecule has 9 heteroatoms. The van der Waals surface area contributed by atoms with Crippen molar-refractivity contribution in [3.63, 3.8) is 0 Å². The largest absolute Gasteiger partial charge is 0.573 e. The Morgan fingerprint density at radius 2 is 1.94 bits per heavy atom. The summed E-state index contributed by atoms with van der Waals surface area (Å²) in [5, 5.41) is 8.02. The number of ether oxygens (including phenoxy) is 1. The van der Waals surface area contributed by atoms with Crippen molar-refractivity contribution in [2.75, 3.05) is 0 Å². The maximum atomic E-state index is 12.3. The Hall–Kier alpha value is -1.31. The quantitative estimate of drug-likeness (QED) is 0.658. The summed E-state index contributed by atoms with van der Waals surface area (Å²) in [4.78, 5) is 3.06. The zero-order valence-electron chi connectivity index (χ0n) is 7.23. The van der Waals surface area contributed by atoms with E-state index in [2.05, 4.69) is 9.72 Å². The summed E-state index contributed by atoms with van der Waals surface area (Å²) in [5.74, 6) is -2.53. The van der Waals surface area contributed by atoms with Crippen molar-refractivity contribution in [1.29, 1.82) is 0 Å². The molecule has 0 radical (unpaired) electrons. The molecule has 0 atom stereocenters. The van der Waals surface area contributed by atoms with Crippen LogP contribution in [0.15, 0.2) is 6.20 Å². The maximum Gasteiger partial charge on any atom is 0.573 e. The van der Waals surface area contributed by atoms with Crippen molar-refractivity contribution in [3.8, 4) is 11.5 Å². The second kappa shape index (κ2) is 4.28. The first-order chi connectivity index (χ1) is 7.22. The highest BCUT2D eigenvalue weighted by atomic mass is 35.5. The van der Waals surface area contributed by atoms with E-state index in [0.717, 1.165) is 0 Å². The topological polar surface area (TPSA) is 42.4 Å². The molecule has 0 aliphatic rings. The molecular weight excluding hydrogens is 261 g/mol. The number of hydrogen-bond acceptors (Lipinski definition) is 3. The number of aromatic hydroxyl groups is 1. The zero-order valence-corrected chi connectivity index (χ0v) is 7.98. The summed E-state index contributed by atoms with van der Waals surface area (Å²) < 4.78 is 63.6. The maximum absolute atomic E-state index is 12.3. The number of nitrogens with zero attached hydrogens (tertiary/aromatic N) is 1. The summed E-state index contributed by atoms with van der Waals surface area (Å²) >= 11 is 5.17. The van der Waals surface area contributed by atoms with E-state index in [1.807, 2.05) is 0 Å². The second-order valence-corrected chi connectivity index (χ2v) is 2.88. The van der Waals surface area contributed by atoms with Crippen LogP contribution in [0.1, 0.15) is 12.0 Å². The van der Waals surface area contributed by atoms with E-state index in [0.29, 0.717) is 6.20 Å². The Bertz CT molecular complexity index is 395. The van der Waals surface area contributed by atoms with Gasteiger partial charge in [-0.25, -0.2) is 13.8 Å². The van der Waals surface area contributed by atoms with Crippen molar-refractivity contribution < 1.29 is 31.8 Å². The minimum atomic E-state index is -5.21. The molecule has 0 aliphatic heterocycles. The van der Waals surface area contributed by atoms with Gasteiger partial charge in [0.1, 0.15) is 11.3 Å². The van der Waals surface area contributed by atoms with Gasteiger partial charge < -0.3 is 9.84 Å². The molecule has 0 saturated heterocycles. The van der Waals surface area contributed by atoms with E-state index in [1.165, 1.54) is 0 Å². The molecule has 0 fully saturated rings. The number of rotatable bonds is 2. The lowest BCUT2D eigenvalue weighted by atomic mass is 10.2. The fourth-order valence-corrected chi connectivity index (χ4v) is 1.09. The van der Waals surface area contributed by atoms with Crippen LogP contribution in [0.5, 0.6) is 11.5 Å². The highest BCUT2D eigenvalue weighted by Gasteiger charge is 2.36. The lowest BCUT2D eigenvalue weighted by molar-refractivity contribution is -0.275. The van der Waals surface area contributed by atoms with Crippen LogP contribution in [0.3, 0.4) is 0 Å². The Morgan fingerprint density at radius 1 is 1.38 bits per heavy atom. The normalized spacial score (nSPS) is 11.9. The molecule has 1 aromatic rings. The van der Waals surface area contributed by atoms with Crippen LogP contribution in [0.4, 0.5) is 22.0 Å². The van der Waals surface area contributed by atoms with Gasteiger partial charge in [-0.1, -0.05) is 11.6 Å². The fraction of sp³-hybridized carbons (Fsp3) is 0.286. The van der Waals surface area contributed by atoms with Gasteiger partial charge >= 0.3 is 6.36 Å². The Balaban J connectivity index is 3.29. The van der Waals surface area contributed by atoms with Crippen molar-refractivity contribution in [3.05, 3.63) is 16.9 Å². The van der Waals surface area contributed by atoms with Gasteiger partial charge in [0.15, 0.2) is 10.9 Å². The molecule has 0 aromatic carbocycles. The predicted molar refractivity (Wildman–Crippen MR) is 42.6 cm³/mol. The van der Waals surface area contributed by atoms with E-state index in [9.17, 15) is 22.0 Å². The molecule has 0 amide bonds. The van der Waals surface area contributed by atoms with Crippen molar-refractivity contribution in [1.82, 2.24) is 4.98 Å². The molecular formula is C7H3ClF5NO2. The van der Waals surface area contributed by atoms with E-state index >= 15 is 0 Å². The molecule has 1 aromatic heterocycles. The monoisotopic (exact) mass is 263 g/mol. The predicted octanol–water partition coefficient (Wildman–Crippen LogP) is 3.28. The zero-order chi connectivity index (χ0) is 12.5. The van der Waals surface area contributed by atoms with Gasteiger partial charge in [0.25, 0.3) is 6.43 Å². The van der Waals surface area contributed by atoms with Crippen LogP contribution < -0.4 is 4.74 Å². The van der Waals surface area contributed by atoms with Crippen LogP contribution >= 0.6 is 11.6 Å². The van der Waals surface area contributed by atoms with Gasteiger partial charge in [-0.2, -0.15) is 0 Å². The average molecular weight is 264 g/mol. The molecule has 0 bridgehead atoms. The molecule has 3 nitrogen and oxygen atoms in total. The molecule has 1 rings (SSSR count). The van der Waals surface area contributed by atoms with E-state index in [-0.39, 0.29) is 0 Å². The number of pyridine rings is 1. The van der Waals surface area contributed by atoms with Crippen LogP contribution in [0, 0.1) is 0 Å². The average Bonchev–Trinajstić information content (AvgIpc) is 2.08. The molecule has 90 valence electrons. The first kappa shape index (κ1) is 12.8. The molecule has 0 unspecified atom stereocenters. The highest BCUT2D eigenvalue weighted by molar-refractivity contribution is 6.31. The van der Waals surface area contributed by atoms with E-state index in [1.54, 1.807) is 0 Å². The third-order valence-corrected chi connectivity index (χ3v) is 1.71. The minimum absolute atomic E-state index is 0.507. The molecule has 16 heavy (non-hydrogen) atoms. The Kier molecular flexibility index (Phi) is 3.41. The van der Waals surface area contributed by atoms with Crippen LogP contribution in [-0.2, 0) is 0 Å². The second-order valence-electron chi connectivity index (χ2n) is 2.53. The molecule has 0 spiro atoms. The Morgan fingerprint density at radius 3 is 2.38 bits per heavy atom.